The maximum Gasteiger partial charge on any atom is 0.175 e. The molecule has 2 rings (SSSR count). The van der Waals surface area contributed by atoms with Gasteiger partial charge in [-0.2, -0.15) is 5.26 Å². The van der Waals surface area contributed by atoms with E-state index >= 15 is 0 Å². The van der Waals surface area contributed by atoms with Crippen LogP contribution in [0.15, 0.2) is 41.3 Å². The van der Waals surface area contributed by atoms with E-state index in [0.717, 1.165) is 5.69 Å². The van der Waals surface area contributed by atoms with Crippen molar-refractivity contribution in [2.45, 2.75) is 11.8 Å². The monoisotopic (exact) mass is 287 g/mol. The van der Waals surface area contributed by atoms with Gasteiger partial charge in [-0.05, 0) is 43.3 Å². The molecule has 0 saturated heterocycles. The van der Waals surface area contributed by atoms with Gasteiger partial charge in [-0.15, -0.1) is 0 Å². The molecule has 1 N–H and O–H groups in total. The van der Waals surface area contributed by atoms with E-state index in [1.54, 1.807) is 31.2 Å². The smallest absolute Gasteiger partial charge is 0.175 e. The number of benzene rings is 1. The number of pyridine rings is 1. The predicted octanol–water partition coefficient (Wildman–Crippen LogP) is 2.41. The molecule has 0 amide bonds. The summed E-state index contributed by atoms with van der Waals surface area (Å²) >= 11 is 0. The number of aromatic nitrogens is 1. The summed E-state index contributed by atoms with van der Waals surface area (Å²) in [5.74, 6) is 0.605. The zero-order valence-electron chi connectivity index (χ0n) is 11.1. The third kappa shape index (κ3) is 3.13. The van der Waals surface area contributed by atoms with Crippen molar-refractivity contribution in [2.24, 2.45) is 0 Å². The van der Waals surface area contributed by atoms with Gasteiger partial charge in [-0.25, -0.2) is 13.4 Å². The second-order valence-corrected chi connectivity index (χ2v) is 6.38. The number of hydrogen-bond acceptors (Lipinski definition) is 5. The molecular weight excluding hydrogens is 274 g/mol. The van der Waals surface area contributed by atoms with Crippen molar-refractivity contribution in [3.05, 3.63) is 47.7 Å². The first-order chi connectivity index (χ1) is 9.40. The fourth-order valence-electron chi connectivity index (χ4n) is 1.68. The first-order valence-corrected chi connectivity index (χ1v) is 7.74. The maximum absolute atomic E-state index is 11.4. The van der Waals surface area contributed by atoms with Gasteiger partial charge in [-0.3, -0.25) is 0 Å². The van der Waals surface area contributed by atoms with Crippen LogP contribution >= 0.6 is 0 Å². The molecule has 0 atom stereocenters. The fraction of sp³-hybridized carbons (Fsp3) is 0.143. The number of aryl methyl sites for hydroxylation is 1. The highest BCUT2D eigenvalue weighted by Gasteiger charge is 2.06. The lowest BCUT2D eigenvalue weighted by atomic mass is 10.2. The Morgan fingerprint density at radius 1 is 1.15 bits per heavy atom. The standard InChI is InChI=1S/C14H13N3O2S/c1-10-11(9-15)3-8-14(16-10)17-12-4-6-13(7-5-12)20(2,18)19/h3-8H,1-2H3,(H,16,17). The number of nitriles is 1. The van der Waals surface area contributed by atoms with Crippen LogP contribution in [0, 0.1) is 18.3 Å². The summed E-state index contributed by atoms with van der Waals surface area (Å²) < 4.78 is 22.7. The minimum atomic E-state index is -3.19. The molecule has 20 heavy (non-hydrogen) atoms. The number of rotatable bonds is 3. The Morgan fingerprint density at radius 3 is 2.30 bits per heavy atom. The lowest BCUT2D eigenvalue weighted by molar-refractivity contribution is 0.602. The molecule has 0 fully saturated rings. The third-order valence-corrected chi connectivity index (χ3v) is 3.89. The summed E-state index contributed by atoms with van der Waals surface area (Å²) in [4.78, 5) is 4.53. The second-order valence-electron chi connectivity index (χ2n) is 4.36. The van der Waals surface area contributed by atoms with Gasteiger partial charge in [0.15, 0.2) is 9.84 Å². The van der Waals surface area contributed by atoms with E-state index in [4.69, 9.17) is 5.26 Å². The Balaban J connectivity index is 2.23. The number of sulfone groups is 1. The number of hydrogen-bond donors (Lipinski definition) is 1. The highest BCUT2D eigenvalue weighted by atomic mass is 32.2. The highest BCUT2D eigenvalue weighted by molar-refractivity contribution is 7.90. The number of anilines is 2. The molecule has 0 unspecified atom stereocenters. The molecule has 1 heterocycles. The normalized spacial score (nSPS) is 10.8. The van der Waals surface area contributed by atoms with Crippen molar-refractivity contribution in [3.63, 3.8) is 0 Å². The Labute approximate surface area is 117 Å². The first-order valence-electron chi connectivity index (χ1n) is 5.85. The van der Waals surface area contributed by atoms with Crippen LogP contribution in [0.5, 0.6) is 0 Å². The van der Waals surface area contributed by atoms with Gasteiger partial charge in [0.05, 0.1) is 16.2 Å². The molecule has 1 aromatic heterocycles. The molecule has 0 radical (unpaired) electrons. The zero-order chi connectivity index (χ0) is 14.8. The molecule has 6 heteroatoms. The van der Waals surface area contributed by atoms with Crippen LogP contribution in [0.25, 0.3) is 0 Å². The van der Waals surface area contributed by atoms with E-state index < -0.39 is 9.84 Å². The van der Waals surface area contributed by atoms with Gasteiger partial charge in [0.1, 0.15) is 11.9 Å². The van der Waals surface area contributed by atoms with E-state index in [0.29, 0.717) is 17.1 Å². The van der Waals surface area contributed by atoms with Gasteiger partial charge in [0.25, 0.3) is 0 Å². The molecule has 0 spiro atoms. The molecule has 1 aromatic carbocycles. The maximum atomic E-state index is 11.4. The summed E-state index contributed by atoms with van der Waals surface area (Å²) in [6, 6.07) is 11.9. The fourth-order valence-corrected chi connectivity index (χ4v) is 2.31. The molecule has 0 saturated carbocycles. The van der Waals surface area contributed by atoms with E-state index in [1.165, 1.54) is 18.4 Å². The average Bonchev–Trinajstić information content (AvgIpc) is 2.38. The Hall–Kier alpha value is -2.39. The van der Waals surface area contributed by atoms with E-state index in [9.17, 15) is 8.42 Å². The average molecular weight is 287 g/mol. The summed E-state index contributed by atoms with van der Waals surface area (Å²) in [5.41, 5.74) is 1.90. The lowest BCUT2D eigenvalue weighted by Gasteiger charge is -2.07. The summed E-state index contributed by atoms with van der Waals surface area (Å²) in [6.07, 6.45) is 1.17. The Kier molecular flexibility index (Phi) is 3.72. The third-order valence-electron chi connectivity index (χ3n) is 2.76. The SMILES string of the molecule is Cc1nc(Nc2ccc(S(C)(=O)=O)cc2)ccc1C#N. The summed E-state index contributed by atoms with van der Waals surface area (Å²) in [7, 11) is -3.19. The second kappa shape index (κ2) is 5.31. The van der Waals surface area contributed by atoms with Crippen LogP contribution in [0.1, 0.15) is 11.3 Å². The molecule has 2 aromatic rings. The van der Waals surface area contributed by atoms with Crippen molar-refractivity contribution < 1.29 is 8.42 Å². The summed E-state index contributed by atoms with van der Waals surface area (Å²) in [6.45, 7) is 1.76. The Morgan fingerprint density at radius 2 is 1.80 bits per heavy atom. The topological polar surface area (TPSA) is 82.8 Å². The van der Waals surface area contributed by atoms with Gasteiger partial charge in [0, 0.05) is 11.9 Å². The van der Waals surface area contributed by atoms with Crippen LogP contribution < -0.4 is 5.32 Å². The van der Waals surface area contributed by atoms with Gasteiger partial charge in [-0.1, -0.05) is 0 Å². The minimum absolute atomic E-state index is 0.270. The van der Waals surface area contributed by atoms with Crippen LogP contribution in [-0.2, 0) is 9.84 Å². The Bertz CT molecular complexity index is 775. The predicted molar refractivity (Wildman–Crippen MR) is 76.5 cm³/mol. The van der Waals surface area contributed by atoms with Crippen LogP contribution in [0.2, 0.25) is 0 Å². The van der Waals surface area contributed by atoms with Crippen LogP contribution in [0.3, 0.4) is 0 Å². The number of nitrogens with one attached hydrogen (secondary N) is 1. The molecule has 0 bridgehead atoms. The van der Waals surface area contributed by atoms with Gasteiger partial charge in [0.2, 0.25) is 0 Å². The number of nitrogens with zero attached hydrogens (tertiary/aromatic N) is 2. The van der Waals surface area contributed by atoms with Crippen LogP contribution in [0.4, 0.5) is 11.5 Å². The van der Waals surface area contributed by atoms with Crippen molar-refractivity contribution in [1.29, 1.82) is 5.26 Å². The molecular formula is C14H13N3O2S. The lowest BCUT2D eigenvalue weighted by Crippen LogP contribution is -1.99. The van der Waals surface area contributed by atoms with E-state index in [1.807, 2.05) is 0 Å². The van der Waals surface area contributed by atoms with Crippen molar-refractivity contribution in [2.75, 3.05) is 11.6 Å². The summed E-state index contributed by atoms with van der Waals surface area (Å²) in [5, 5.41) is 11.9. The van der Waals surface area contributed by atoms with Gasteiger partial charge < -0.3 is 5.32 Å². The van der Waals surface area contributed by atoms with E-state index in [2.05, 4.69) is 16.4 Å². The van der Waals surface area contributed by atoms with E-state index in [-0.39, 0.29) is 4.90 Å². The highest BCUT2D eigenvalue weighted by Crippen LogP contribution is 2.18. The quantitative estimate of drug-likeness (QED) is 0.937. The molecule has 0 aliphatic heterocycles. The van der Waals surface area contributed by atoms with Crippen molar-refractivity contribution >= 4 is 21.3 Å². The van der Waals surface area contributed by atoms with Gasteiger partial charge >= 0.3 is 0 Å². The molecule has 0 aliphatic rings. The molecule has 102 valence electrons. The first kappa shape index (κ1) is 14.0. The van der Waals surface area contributed by atoms with Crippen molar-refractivity contribution in [1.82, 2.24) is 4.98 Å². The minimum Gasteiger partial charge on any atom is -0.340 e. The molecule has 0 aliphatic carbocycles. The molecule has 5 nitrogen and oxygen atoms in total. The zero-order valence-corrected chi connectivity index (χ0v) is 11.9. The van der Waals surface area contributed by atoms with Crippen molar-refractivity contribution in [3.8, 4) is 6.07 Å². The van der Waals surface area contributed by atoms with Crippen LogP contribution in [-0.4, -0.2) is 19.7 Å². The largest absolute Gasteiger partial charge is 0.340 e.